The van der Waals surface area contributed by atoms with Gasteiger partial charge in [-0.05, 0) is 42.2 Å². The van der Waals surface area contributed by atoms with Gasteiger partial charge in [-0.2, -0.15) is 35.1 Å². The third kappa shape index (κ3) is 3.58. The Morgan fingerprint density at radius 2 is 1.47 bits per heavy atom. The van der Waals surface area contributed by atoms with Gasteiger partial charge in [-0.3, -0.25) is 10.1 Å². The number of rotatable bonds is 4. The lowest BCUT2D eigenvalue weighted by atomic mass is 9.80. The highest BCUT2D eigenvalue weighted by atomic mass is 19.4. The Balaban J connectivity index is 3.02. The smallest absolute Gasteiger partial charge is 0.258 e. The first kappa shape index (κ1) is 23.5. The number of halogens is 9. The highest BCUT2D eigenvalue weighted by Gasteiger charge is 2.82. The van der Waals surface area contributed by atoms with Crippen LogP contribution in [0.3, 0.4) is 0 Å². The highest BCUT2D eigenvalue weighted by molar-refractivity contribution is 5.74. The predicted octanol–water partition coefficient (Wildman–Crippen LogP) is 6.60. The molecule has 1 radical (unpaired) electrons. The minimum absolute atomic E-state index is 0.175. The lowest BCUT2D eigenvalue weighted by Crippen LogP contribution is -2.60. The van der Waals surface area contributed by atoms with Gasteiger partial charge in [0, 0.05) is 17.7 Å². The van der Waals surface area contributed by atoms with Crippen molar-refractivity contribution in [2.24, 2.45) is 0 Å². The van der Waals surface area contributed by atoms with Crippen molar-refractivity contribution in [2.75, 3.05) is 0 Å². The molecule has 0 aliphatic carbocycles. The molecule has 0 saturated carbocycles. The molecule has 0 aliphatic rings. The fraction of sp³-hybridized carbons (Fsp3) is 0.333. The standard InChI is InChI=1S/C18H11F9NO2/c1-9-6-10(2)14(11-4-3-5-12(8-11)28(29)30)13(7-9)15(19,17(22,23)24)16(20,21)18(25,26)27/h3-5,7-8H,1-2H3. The van der Waals surface area contributed by atoms with Crippen LogP contribution >= 0.6 is 0 Å². The Kier molecular flexibility index (Phi) is 5.61. The van der Waals surface area contributed by atoms with E-state index in [9.17, 15) is 45.2 Å². The van der Waals surface area contributed by atoms with Crippen LogP contribution in [0.25, 0.3) is 11.1 Å². The average Bonchev–Trinajstić information content (AvgIpc) is 2.58. The van der Waals surface area contributed by atoms with Crippen LogP contribution in [-0.4, -0.2) is 23.2 Å². The average molecular weight is 444 g/mol. The maximum absolute atomic E-state index is 15.1. The number of nitro benzene ring substituents is 1. The molecule has 0 saturated heterocycles. The number of alkyl halides is 9. The molecule has 0 N–H and O–H groups in total. The molecule has 0 aromatic heterocycles. The fourth-order valence-electron chi connectivity index (χ4n) is 3.00. The molecule has 0 bridgehead atoms. The van der Waals surface area contributed by atoms with Gasteiger partial charge in [0.25, 0.3) is 5.69 Å². The third-order valence-corrected chi connectivity index (χ3v) is 4.29. The second kappa shape index (κ2) is 7.17. The van der Waals surface area contributed by atoms with Crippen LogP contribution in [0.15, 0.2) is 30.3 Å². The molecule has 2 aromatic carbocycles. The van der Waals surface area contributed by atoms with E-state index >= 15 is 4.39 Å². The van der Waals surface area contributed by atoms with E-state index in [-0.39, 0.29) is 11.6 Å². The van der Waals surface area contributed by atoms with E-state index in [1.54, 1.807) is 0 Å². The molecule has 1 unspecified atom stereocenters. The summed E-state index contributed by atoms with van der Waals surface area (Å²) in [6, 6.07) is 6.02. The van der Waals surface area contributed by atoms with Crippen molar-refractivity contribution in [1.82, 2.24) is 0 Å². The molecule has 12 heteroatoms. The molecule has 2 rings (SSSR count). The van der Waals surface area contributed by atoms with E-state index in [4.69, 9.17) is 0 Å². The second-order valence-corrected chi connectivity index (χ2v) is 6.40. The van der Waals surface area contributed by atoms with Crippen molar-refractivity contribution in [3.63, 3.8) is 0 Å². The molecule has 2 aromatic rings. The zero-order valence-electron chi connectivity index (χ0n) is 15.1. The third-order valence-electron chi connectivity index (χ3n) is 4.29. The summed E-state index contributed by atoms with van der Waals surface area (Å²) in [5, 5.41) is 10.9. The van der Waals surface area contributed by atoms with Crippen molar-refractivity contribution in [2.45, 2.75) is 37.8 Å². The van der Waals surface area contributed by atoms with Crippen molar-refractivity contribution in [1.29, 1.82) is 0 Å². The molecule has 0 fully saturated rings. The molecule has 0 aliphatic heterocycles. The number of nitro groups is 1. The highest BCUT2D eigenvalue weighted by Crippen LogP contribution is 2.60. The minimum Gasteiger partial charge on any atom is -0.258 e. The van der Waals surface area contributed by atoms with Crippen molar-refractivity contribution in [3.05, 3.63) is 63.2 Å². The molecular weight excluding hydrogens is 433 g/mol. The maximum Gasteiger partial charge on any atom is 0.457 e. The summed E-state index contributed by atoms with van der Waals surface area (Å²) < 4.78 is 122. The normalized spacial score (nSPS) is 15.0. The summed E-state index contributed by atoms with van der Waals surface area (Å²) in [4.78, 5) is 9.97. The number of nitrogens with zero attached hydrogens (tertiary/aromatic N) is 1. The zero-order valence-corrected chi connectivity index (χ0v) is 15.1. The molecule has 1 atom stereocenters. The zero-order chi connectivity index (χ0) is 23.3. The lowest BCUT2D eigenvalue weighted by Gasteiger charge is -2.37. The van der Waals surface area contributed by atoms with E-state index in [2.05, 4.69) is 6.07 Å². The first-order valence-electron chi connectivity index (χ1n) is 7.94. The van der Waals surface area contributed by atoms with Gasteiger partial charge in [0.1, 0.15) is 0 Å². The van der Waals surface area contributed by atoms with Crippen LogP contribution in [0.5, 0.6) is 0 Å². The molecule has 163 valence electrons. The molecule has 30 heavy (non-hydrogen) atoms. The van der Waals surface area contributed by atoms with Crippen LogP contribution in [0.4, 0.5) is 45.2 Å². The summed E-state index contributed by atoms with van der Waals surface area (Å²) in [5.41, 5.74) is -11.2. The Bertz CT molecular complexity index is 983. The van der Waals surface area contributed by atoms with E-state index < -0.39 is 56.8 Å². The van der Waals surface area contributed by atoms with Crippen LogP contribution in [0.2, 0.25) is 0 Å². The number of non-ortho nitro benzene ring substituents is 1. The maximum atomic E-state index is 15.1. The largest absolute Gasteiger partial charge is 0.457 e. The van der Waals surface area contributed by atoms with Gasteiger partial charge in [0.05, 0.1) is 4.92 Å². The SMILES string of the molecule is Cc1[c]c(C)c(-c2cccc([N+](=O)[O-])c2)c(C(F)(C(F)(F)F)C(F)(F)C(F)(F)F)c1. The predicted molar refractivity (Wildman–Crippen MR) is 86.7 cm³/mol. The van der Waals surface area contributed by atoms with Gasteiger partial charge < -0.3 is 0 Å². The van der Waals surface area contributed by atoms with Crippen molar-refractivity contribution >= 4 is 5.69 Å². The summed E-state index contributed by atoms with van der Waals surface area (Å²) in [6.07, 6.45) is -13.6. The van der Waals surface area contributed by atoms with Crippen molar-refractivity contribution in [3.8, 4) is 11.1 Å². The van der Waals surface area contributed by atoms with Gasteiger partial charge in [0.2, 0.25) is 0 Å². The molecule has 0 heterocycles. The van der Waals surface area contributed by atoms with E-state index in [1.807, 2.05) is 0 Å². The van der Waals surface area contributed by atoms with Crippen LogP contribution in [0, 0.1) is 30.0 Å². The Morgan fingerprint density at radius 1 is 0.900 bits per heavy atom. The quantitative estimate of drug-likeness (QED) is 0.303. The molecule has 0 amide bonds. The van der Waals surface area contributed by atoms with E-state index in [0.717, 1.165) is 32.0 Å². The van der Waals surface area contributed by atoms with Gasteiger partial charge in [-0.25, -0.2) is 4.39 Å². The molecular formula is C18H11F9NO2. The molecule has 0 spiro atoms. The van der Waals surface area contributed by atoms with E-state index in [0.29, 0.717) is 6.07 Å². The van der Waals surface area contributed by atoms with Crippen LogP contribution < -0.4 is 0 Å². The van der Waals surface area contributed by atoms with Crippen LogP contribution in [-0.2, 0) is 5.67 Å². The molecule has 3 nitrogen and oxygen atoms in total. The van der Waals surface area contributed by atoms with Gasteiger partial charge >= 0.3 is 23.9 Å². The second-order valence-electron chi connectivity index (χ2n) is 6.40. The number of aryl methyl sites for hydroxylation is 2. The topological polar surface area (TPSA) is 43.1 Å². The van der Waals surface area contributed by atoms with Crippen molar-refractivity contribution < 1.29 is 44.4 Å². The first-order chi connectivity index (χ1) is 13.4. The number of hydrogen-bond donors (Lipinski definition) is 0. The summed E-state index contributed by atoms with van der Waals surface area (Å²) in [7, 11) is 0. The van der Waals surface area contributed by atoms with Crippen LogP contribution in [0.1, 0.15) is 16.7 Å². The minimum atomic E-state index is -6.89. The fourth-order valence-corrected chi connectivity index (χ4v) is 3.00. The number of benzene rings is 2. The summed E-state index contributed by atoms with van der Waals surface area (Å²) in [6.45, 7) is 2.03. The summed E-state index contributed by atoms with van der Waals surface area (Å²) >= 11 is 0. The number of hydrogen-bond acceptors (Lipinski definition) is 2. The Labute approximate surface area is 163 Å². The summed E-state index contributed by atoms with van der Waals surface area (Å²) in [5.74, 6) is -6.87. The monoisotopic (exact) mass is 444 g/mol. The Hall–Kier alpha value is -2.79. The first-order valence-corrected chi connectivity index (χ1v) is 7.94. The van der Waals surface area contributed by atoms with E-state index in [1.165, 1.54) is 0 Å². The Morgan fingerprint density at radius 3 is 1.93 bits per heavy atom. The van der Waals surface area contributed by atoms with Gasteiger partial charge in [-0.1, -0.05) is 18.2 Å². The van der Waals surface area contributed by atoms with Gasteiger partial charge in [-0.15, -0.1) is 0 Å². The van der Waals surface area contributed by atoms with Gasteiger partial charge in [0.15, 0.2) is 0 Å². The lowest BCUT2D eigenvalue weighted by molar-refractivity contribution is -0.389.